The average molecular weight is 306 g/mol. The molecule has 110 valence electrons. The molecule has 0 saturated carbocycles. The number of sulfone groups is 1. The summed E-state index contributed by atoms with van der Waals surface area (Å²) in [5, 5.41) is 2.76. The van der Waals surface area contributed by atoms with E-state index in [9.17, 15) is 8.42 Å². The van der Waals surface area contributed by atoms with Crippen molar-refractivity contribution in [2.45, 2.75) is 38.3 Å². The zero-order valence-corrected chi connectivity index (χ0v) is 13.5. The molecule has 0 aromatic carbocycles. The van der Waals surface area contributed by atoms with Crippen molar-refractivity contribution in [2.75, 3.05) is 19.1 Å². The van der Waals surface area contributed by atoms with E-state index in [1.165, 1.54) is 17.6 Å². The molecule has 7 heteroatoms. The van der Waals surface area contributed by atoms with Gasteiger partial charge in [-0.25, -0.2) is 13.4 Å². The highest BCUT2D eigenvalue weighted by molar-refractivity contribution is 7.90. The molecule has 0 aliphatic rings. The Bertz CT molecular complexity index is 507. The Morgan fingerprint density at radius 1 is 1.58 bits per heavy atom. The molecule has 1 rings (SSSR count). The number of ether oxygens (including phenoxy) is 1. The maximum atomic E-state index is 11.1. The van der Waals surface area contributed by atoms with E-state index < -0.39 is 15.4 Å². The van der Waals surface area contributed by atoms with Crippen LogP contribution in [0.5, 0.6) is 0 Å². The highest BCUT2D eigenvalue weighted by Crippen LogP contribution is 2.32. The lowest BCUT2D eigenvalue weighted by atomic mass is 10.0. The van der Waals surface area contributed by atoms with Gasteiger partial charge in [0.15, 0.2) is 0 Å². The van der Waals surface area contributed by atoms with Crippen LogP contribution in [0.1, 0.15) is 43.4 Å². The molecule has 1 aromatic rings. The summed E-state index contributed by atoms with van der Waals surface area (Å²) in [6, 6.07) is -0.349. The van der Waals surface area contributed by atoms with Crippen LogP contribution in [0.3, 0.4) is 0 Å². The summed E-state index contributed by atoms with van der Waals surface area (Å²) < 4.78 is 27.8. The zero-order chi connectivity index (χ0) is 14.7. The minimum Gasteiger partial charge on any atom is -0.371 e. The highest BCUT2D eigenvalue weighted by atomic mass is 32.2. The number of hydrogen-bond donors (Lipinski definition) is 1. The van der Waals surface area contributed by atoms with Gasteiger partial charge in [-0.05, 0) is 19.8 Å². The first kappa shape index (κ1) is 16.6. The van der Waals surface area contributed by atoms with Gasteiger partial charge in [0.05, 0.1) is 11.4 Å². The number of hydrogen-bond acceptors (Lipinski definition) is 6. The second-order valence-corrected chi connectivity index (χ2v) is 8.01. The minimum atomic E-state index is -2.99. The fourth-order valence-corrected chi connectivity index (χ4v) is 3.35. The molecular weight excluding hydrogens is 284 g/mol. The van der Waals surface area contributed by atoms with Gasteiger partial charge in [-0.3, -0.25) is 0 Å². The fourth-order valence-electron chi connectivity index (χ4n) is 1.57. The van der Waals surface area contributed by atoms with Crippen LogP contribution in [-0.4, -0.2) is 32.5 Å². The average Bonchev–Trinajstić information content (AvgIpc) is 2.84. The molecule has 0 spiro atoms. The summed E-state index contributed by atoms with van der Waals surface area (Å²) >= 11 is 1.50. The number of nitrogens with zero attached hydrogens (tertiary/aromatic N) is 1. The van der Waals surface area contributed by atoms with Crippen LogP contribution in [0.25, 0.3) is 0 Å². The highest BCUT2D eigenvalue weighted by Gasteiger charge is 2.28. The van der Waals surface area contributed by atoms with E-state index in [1.807, 2.05) is 19.2 Å². The quantitative estimate of drug-likeness (QED) is 0.831. The van der Waals surface area contributed by atoms with Gasteiger partial charge in [-0.2, -0.15) is 0 Å². The van der Waals surface area contributed by atoms with Gasteiger partial charge >= 0.3 is 0 Å². The van der Waals surface area contributed by atoms with E-state index in [1.54, 1.807) is 7.11 Å². The summed E-state index contributed by atoms with van der Waals surface area (Å²) in [4.78, 5) is 4.50. The SMILES string of the molecule is CCC(C)(OC)c1nc(C(N)CCS(C)(=O)=O)cs1. The van der Waals surface area contributed by atoms with Crippen molar-refractivity contribution in [1.29, 1.82) is 0 Å². The number of thiazole rings is 1. The van der Waals surface area contributed by atoms with Crippen molar-refractivity contribution in [3.63, 3.8) is 0 Å². The Kier molecular flexibility index (Phi) is 5.49. The van der Waals surface area contributed by atoms with Gasteiger partial charge < -0.3 is 10.5 Å². The number of methoxy groups -OCH3 is 1. The van der Waals surface area contributed by atoms with Crippen LogP contribution >= 0.6 is 11.3 Å². The van der Waals surface area contributed by atoms with E-state index in [4.69, 9.17) is 10.5 Å². The molecule has 5 nitrogen and oxygen atoms in total. The molecule has 0 amide bonds. The lowest BCUT2D eigenvalue weighted by molar-refractivity contribution is -0.00170. The first-order valence-corrected chi connectivity index (χ1v) is 9.10. The smallest absolute Gasteiger partial charge is 0.147 e. The minimum absolute atomic E-state index is 0.0797. The van der Waals surface area contributed by atoms with E-state index in [2.05, 4.69) is 4.98 Å². The third-order valence-electron chi connectivity index (χ3n) is 3.28. The summed E-state index contributed by atoms with van der Waals surface area (Å²) in [6.45, 7) is 4.02. The second kappa shape index (κ2) is 6.30. The van der Waals surface area contributed by atoms with Crippen LogP contribution in [0.4, 0.5) is 0 Å². The Balaban J connectivity index is 2.79. The summed E-state index contributed by atoms with van der Waals surface area (Å²) in [7, 11) is -1.33. The van der Waals surface area contributed by atoms with Crippen molar-refractivity contribution >= 4 is 21.2 Å². The number of rotatable bonds is 7. The maximum Gasteiger partial charge on any atom is 0.147 e. The van der Waals surface area contributed by atoms with E-state index in [0.29, 0.717) is 6.42 Å². The first-order chi connectivity index (χ1) is 8.72. The van der Waals surface area contributed by atoms with Crippen molar-refractivity contribution in [2.24, 2.45) is 5.73 Å². The zero-order valence-electron chi connectivity index (χ0n) is 11.8. The van der Waals surface area contributed by atoms with Crippen LogP contribution in [0.15, 0.2) is 5.38 Å². The summed E-state index contributed by atoms with van der Waals surface area (Å²) in [6.07, 6.45) is 2.41. The second-order valence-electron chi connectivity index (χ2n) is 4.89. The predicted molar refractivity (Wildman–Crippen MR) is 78.0 cm³/mol. The maximum absolute atomic E-state index is 11.1. The van der Waals surface area contributed by atoms with Crippen molar-refractivity contribution in [3.8, 4) is 0 Å². The summed E-state index contributed by atoms with van der Waals surface area (Å²) in [5.41, 5.74) is 6.31. The van der Waals surface area contributed by atoms with Crippen LogP contribution in [0.2, 0.25) is 0 Å². The van der Waals surface area contributed by atoms with Crippen molar-refractivity contribution in [1.82, 2.24) is 4.98 Å². The molecule has 0 radical (unpaired) electrons. The van der Waals surface area contributed by atoms with E-state index >= 15 is 0 Å². The van der Waals surface area contributed by atoms with Gasteiger partial charge in [0.25, 0.3) is 0 Å². The largest absolute Gasteiger partial charge is 0.371 e. The molecule has 1 aromatic heterocycles. The van der Waals surface area contributed by atoms with E-state index in [0.717, 1.165) is 17.1 Å². The summed E-state index contributed by atoms with van der Waals surface area (Å²) in [5.74, 6) is 0.0797. The first-order valence-electron chi connectivity index (χ1n) is 6.16. The van der Waals surface area contributed by atoms with Gasteiger partial charge in [0.2, 0.25) is 0 Å². The molecule has 2 unspecified atom stereocenters. The van der Waals surface area contributed by atoms with Crippen molar-refractivity contribution < 1.29 is 13.2 Å². The van der Waals surface area contributed by atoms with Gasteiger partial charge in [-0.15, -0.1) is 11.3 Å². The molecule has 2 atom stereocenters. The molecule has 0 bridgehead atoms. The van der Waals surface area contributed by atoms with Gasteiger partial charge in [0.1, 0.15) is 20.4 Å². The van der Waals surface area contributed by atoms with Crippen LogP contribution in [-0.2, 0) is 20.2 Å². The predicted octanol–water partition coefficient (Wildman–Crippen LogP) is 1.85. The Hall–Kier alpha value is -0.500. The molecule has 0 saturated heterocycles. The molecule has 2 N–H and O–H groups in total. The lowest BCUT2D eigenvalue weighted by Crippen LogP contribution is -2.23. The normalized spacial score (nSPS) is 17.1. The molecule has 0 aliphatic heterocycles. The molecule has 1 heterocycles. The monoisotopic (exact) mass is 306 g/mol. The third kappa shape index (κ3) is 4.52. The Morgan fingerprint density at radius 2 is 2.21 bits per heavy atom. The van der Waals surface area contributed by atoms with Crippen LogP contribution in [0, 0.1) is 0 Å². The van der Waals surface area contributed by atoms with E-state index in [-0.39, 0.29) is 11.8 Å². The molecular formula is C12H22N2O3S2. The fraction of sp³-hybridized carbons (Fsp3) is 0.750. The standard InChI is InChI=1S/C12H22N2O3S2/c1-5-12(2,17-3)11-14-10(8-18-11)9(13)6-7-19(4,15)16/h8-9H,5-7,13H2,1-4H3. The van der Waals surface area contributed by atoms with Crippen LogP contribution < -0.4 is 5.73 Å². The number of nitrogens with two attached hydrogens (primary N) is 1. The Morgan fingerprint density at radius 3 is 2.68 bits per heavy atom. The lowest BCUT2D eigenvalue weighted by Gasteiger charge is -2.23. The third-order valence-corrected chi connectivity index (χ3v) is 5.36. The molecule has 0 aliphatic carbocycles. The van der Waals surface area contributed by atoms with Gasteiger partial charge in [0, 0.05) is 24.8 Å². The van der Waals surface area contributed by atoms with Gasteiger partial charge in [-0.1, -0.05) is 6.92 Å². The topological polar surface area (TPSA) is 82.3 Å². The molecule has 19 heavy (non-hydrogen) atoms. The molecule has 0 fully saturated rings. The van der Waals surface area contributed by atoms with Crippen molar-refractivity contribution in [3.05, 3.63) is 16.1 Å². The number of aromatic nitrogens is 1. The Labute approximate surface area is 119 Å².